The summed E-state index contributed by atoms with van der Waals surface area (Å²) in [5.74, 6) is -0.390. The van der Waals surface area contributed by atoms with Crippen LogP contribution in [0.5, 0.6) is 5.75 Å². The number of aryl methyl sites for hydroxylation is 1. The second-order valence-electron chi connectivity index (χ2n) is 7.22. The van der Waals surface area contributed by atoms with E-state index in [-0.39, 0.29) is 35.1 Å². The number of nitrogens with one attached hydrogen (secondary N) is 1. The van der Waals surface area contributed by atoms with Gasteiger partial charge in [-0.25, -0.2) is 8.42 Å². The van der Waals surface area contributed by atoms with Crippen LogP contribution in [0.25, 0.3) is 0 Å². The van der Waals surface area contributed by atoms with Crippen molar-refractivity contribution < 1.29 is 32.2 Å². The average molecular weight is 497 g/mol. The highest BCUT2D eigenvalue weighted by atomic mass is 35.5. The van der Waals surface area contributed by atoms with Crippen molar-refractivity contribution in [1.29, 1.82) is 0 Å². The van der Waals surface area contributed by atoms with E-state index in [1.54, 1.807) is 19.2 Å². The number of hydrogen-bond acceptors (Lipinski definition) is 7. The molecule has 2 aromatic rings. The molecule has 1 saturated heterocycles. The second-order valence-corrected chi connectivity index (χ2v) is 9.53. The lowest BCUT2D eigenvalue weighted by molar-refractivity contribution is -0.147. The van der Waals surface area contributed by atoms with Crippen LogP contribution in [0.4, 0.5) is 5.69 Å². The van der Waals surface area contributed by atoms with Crippen LogP contribution in [0.15, 0.2) is 47.4 Å². The van der Waals surface area contributed by atoms with E-state index in [0.717, 1.165) is 11.3 Å². The van der Waals surface area contributed by atoms with Gasteiger partial charge >= 0.3 is 5.97 Å². The molecule has 11 heteroatoms. The zero-order valence-electron chi connectivity index (χ0n) is 18.1. The molecular formula is C22H25ClN2O7S. The van der Waals surface area contributed by atoms with Crippen molar-refractivity contribution in [2.45, 2.75) is 17.7 Å². The summed E-state index contributed by atoms with van der Waals surface area (Å²) in [6, 6.07) is 11.5. The normalized spacial score (nSPS) is 14.5. The van der Waals surface area contributed by atoms with Gasteiger partial charge < -0.3 is 19.5 Å². The van der Waals surface area contributed by atoms with Gasteiger partial charge in [0.05, 0.1) is 25.3 Å². The number of nitrogens with zero attached hydrogens (tertiary/aromatic N) is 1. The van der Waals surface area contributed by atoms with E-state index in [4.69, 9.17) is 25.8 Å². The molecule has 0 unspecified atom stereocenters. The number of ether oxygens (including phenoxy) is 3. The zero-order valence-corrected chi connectivity index (χ0v) is 19.7. The number of hydrogen-bond donors (Lipinski definition) is 1. The summed E-state index contributed by atoms with van der Waals surface area (Å²) in [6.45, 7) is 0.563. The van der Waals surface area contributed by atoms with Crippen molar-refractivity contribution in [1.82, 2.24) is 4.31 Å². The van der Waals surface area contributed by atoms with E-state index in [9.17, 15) is 18.0 Å². The third-order valence-electron chi connectivity index (χ3n) is 4.94. The van der Waals surface area contributed by atoms with Crippen molar-refractivity contribution in [2.24, 2.45) is 0 Å². The van der Waals surface area contributed by atoms with Crippen molar-refractivity contribution in [3.63, 3.8) is 0 Å². The molecule has 33 heavy (non-hydrogen) atoms. The van der Waals surface area contributed by atoms with E-state index in [2.05, 4.69) is 5.32 Å². The van der Waals surface area contributed by atoms with Crippen molar-refractivity contribution in [3.05, 3.63) is 53.1 Å². The van der Waals surface area contributed by atoms with Crippen LogP contribution < -0.4 is 10.1 Å². The lowest BCUT2D eigenvalue weighted by Crippen LogP contribution is -2.40. The number of sulfonamides is 1. The molecule has 9 nitrogen and oxygen atoms in total. The quantitative estimate of drug-likeness (QED) is 0.531. The first kappa shape index (κ1) is 25.0. The van der Waals surface area contributed by atoms with Crippen LogP contribution in [-0.4, -0.2) is 64.6 Å². The summed E-state index contributed by atoms with van der Waals surface area (Å²) >= 11 is 6.12. The van der Waals surface area contributed by atoms with Crippen LogP contribution in [0.3, 0.4) is 0 Å². The molecule has 1 amide bonds. The van der Waals surface area contributed by atoms with Crippen LogP contribution in [0.2, 0.25) is 5.02 Å². The fourth-order valence-electron chi connectivity index (χ4n) is 3.16. The van der Waals surface area contributed by atoms with E-state index >= 15 is 0 Å². The van der Waals surface area contributed by atoms with Crippen molar-refractivity contribution >= 4 is 39.2 Å². The van der Waals surface area contributed by atoms with Crippen LogP contribution in [0, 0.1) is 0 Å². The fraction of sp³-hybridized carbons (Fsp3) is 0.364. The number of methoxy groups -OCH3 is 1. The number of carbonyl (C=O) groups is 2. The largest absolute Gasteiger partial charge is 0.497 e. The number of benzene rings is 2. The first-order valence-electron chi connectivity index (χ1n) is 10.3. The highest BCUT2D eigenvalue weighted by Crippen LogP contribution is 2.28. The standard InChI is InChI=1S/C22H25ClN2O7S/c1-30-18-6-2-16(3-7-18)4-9-22(27)32-15-21(26)24-17-5-8-19(23)20(14-17)33(28,29)25-10-12-31-13-11-25/h2-3,5-8,14H,4,9-13,15H2,1H3,(H,24,26). The van der Waals surface area contributed by atoms with Crippen molar-refractivity contribution in [2.75, 3.05) is 45.3 Å². The number of carbonyl (C=O) groups excluding carboxylic acids is 2. The maximum absolute atomic E-state index is 12.9. The Labute approximate surface area is 197 Å². The molecule has 3 rings (SSSR count). The Kier molecular flexibility index (Phi) is 8.67. The molecule has 0 spiro atoms. The minimum absolute atomic E-state index is 0.0458. The number of halogens is 1. The molecule has 0 aromatic heterocycles. The zero-order chi connectivity index (χ0) is 23.8. The Bertz CT molecular complexity index is 1080. The number of rotatable bonds is 9. The summed E-state index contributed by atoms with van der Waals surface area (Å²) < 4.78 is 42.3. The predicted molar refractivity (Wildman–Crippen MR) is 122 cm³/mol. The summed E-state index contributed by atoms with van der Waals surface area (Å²) in [4.78, 5) is 24.0. The Morgan fingerprint density at radius 1 is 1.12 bits per heavy atom. The molecule has 1 heterocycles. The number of esters is 1. The molecule has 1 N–H and O–H groups in total. The molecular weight excluding hydrogens is 472 g/mol. The summed E-state index contributed by atoms with van der Waals surface area (Å²) in [5, 5.41) is 2.58. The molecule has 2 aromatic carbocycles. The molecule has 1 aliphatic rings. The Hall–Kier alpha value is -2.66. The SMILES string of the molecule is COc1ccc(CCC(=O)OCC(=O)Nc2ccc(Cl)c(S(=O)(=O)N3CCOCC3)c2)cc1. The van der Waals surface area contributed by atoms with Gasteiger partial charge in [-0.1, -0.05) is 23.7 Å². The van der Waals surface area contributed by atoms with Gasteiger partial charge in [0.15, 0.2) is 6.61 Å². The molecule has 1 aliphatic heterocycles. The van der Waals surface area contributed by atoms with E-state index in [0.29, 0.717) is 19.6 Å². The van der Waals surface area contributed by atoms with Gasteiger partial charge in [0.25, 0.3) is 5.91 Å². The van der Waals surface area contributed by atoms with Gasteiger partial charge in [-0.15, -0.1) is 0 Å². The topological polar surface area (TPSA) is 111 Å². The smallest absolute Gasteiger partial charge is 0.306 e. The van der Waals surface area contributed by atoms with Gasteiger partial charge in [-0.2, -0.15) is 4.31 Å². The maximum atomic E-state index is 12.9. The molecule has 0 radical (unpaired) electrons. The van der Waals surface area contributed by atoms with Crippen LogP contribution >= 0.6 is 11.6 Å². The molecule has 0 atom stereocenters. The monoisotopic (exact) mass is 496 g/mol. The van der Waals surface area contributed by atoms with Crippen molar-refractivity contribution in [3.8, 4) is 5.75 Å². The summed E-state index contributed by atoms with van der Waals surface area (Å²) in [5.41, 5.74) is 1.16. The first-order valence-corrected chi connectivity index (χ1v) is 12.1. The minimum Gasteiger partial charge on any atom is -0.497 e. The highest BCUT2D eigenvalue weighted by Gasteiger charge is 2.28. The van der Waals surface area contributed by atoms with Gasteiger partial charge in [-0.3, -0.25) is 9.59 Å². The van der Waals surface area contributed by atoms with Gasteiger partial charge in [0, 0.05) is 25.2 Å². The Balaban J connectivity index is 1.52. The highest BCUT2D eigenvalue weighted by molar-refractivity contribution is 7.89. The lowest BCUT2D eigenvalue weighted by atomic mass is 10.1. The van der Waals surface area contributed by atoms with E-state index in [1.165, 1.54) is 22.5 Å². The summed E-state index contributed by atoms with van der Waals surface area (Å²) in [6.07, 6.45) is 0.576. The Morgan fingerprint density at radius 3 is 2.48 bits per heavy atom. The minimum atomic E-state index is -3.84. The Morgan fingerprint density at radius 2 is 1.82 bits per heavy atom. The van der Waals surface area contributed by atoms with Crippen LogP contribution in [-0.2, 0) is 35.5 Å². The molecule has 0 aliphatic carbocycles. The summed E-state index contributed by atoms with van der Waals surface area (Å²) in [7, 11) is -2.26. The number of amides is 1. The predicted octanol–water partition coefficient (Wildman–Crippen LogP) is 2.48. The number of morpholine rings is 1. The molecule has 0 saturated carbocycles. The van der Waals surface area contributed by atoms with Gasteiger partial charge in [0.2, 0.25) is 10.0 Å². The fourth-order valence-corrected chi connectivity index (χ4v) is 5.07. The maximum Gasteiger partial charge on any atom is 0.306 e. The molecule has 178 valence electrons. The van der Waals surface area contributed by atoms with Gasteiger partial charge in [0.1, 0.15) is 10.6 Å². The lowest BCUT2D eigenvalue weighted by Gasteiger charge is -2.26. The van der Waals surface area contributed by atoms with E-state index < -0.39 is 28.5 Å². The third-order valence-corrected chi connectivity index (χ3v) is 7.32. The van der Waals surface area contributed by atoms with Crippen LogP contribution in [0.1, 0.15) is 12.0 Å². The molecule has 1 fully saturated rings. The second kappa shape index (κ2) is 11.5. The average Bonchev–Trinajstić information content (AvgIpc) is 2.83. The molecule has 0 bridgehead atoms. The van der Waals surface area contributed by atoms with E-state index in [1.807, 2.05) is 12.1 Å². The van der Waals surface area contributed by atoms with Gasteiger partial charge in [-0.05, 0) is 42.3 Å². The number of anilines is 1. The third kappa shape index (κ3) is 6.91. The first-order chi connectivity index (χ1) is 15.8.